The number of nitrogens with zero attached hydrogens (tertiary/aromatic N) is 3. The molecule has 7 heteroatoms. The molecule has 0 bridgehead atoms. The van der Waals surface area contributed by atoms with Crippen molar-refractivity contribution in [1.82, 2.24) is 19.9 Å². The molecule has 0 aliphatic carbocycles. The summed E-state index contributed by atoms with van der Waals surface area (Å²) in [7, 11) is 0. The van der Waals surface area contributed by atoms with Crippen molar-refractivity contribution in [2.75, 3.05) is 11.9 Å². The zero-order chi connectivity index (χ0) is 17.2. The number of benzene rings is 1. The van der Waals surface area contributed by atoms with E-state index in [0.717, 1.165) is 24.5 Å². The van der Waals surface area contributed by atoms with Gasteiger partial charge in [0.05, 0.1) is 18.4 Å². The van der Waals surface area contributed by atoms with Crippen LogP contribution in [0.15, 0.2) is 48.7 Å². The van der Waals surface area contributed by atoms with E-state index in [1.807, 2.05) is 4.57 Å². The summed E-state index contributed by atoms with van der Waals surface area (Å²) in [6.07, 6.45) is 1.66. The third kappa shape index (κ3) is 3.14. The highest BCUT2D eigenvalue weighted by Gasteiger charge is 2.16. The van der Waals surface area contributed by atoms with Gasteiger partial charge in [0.2, 0.25) is 0 Å². The Morgan fingerprint density at radius 2 is 2.04 bits per heavy atom. The molecule has 1 aliphatic heterocycles. The standard InChI is InChI=1S/C18H16FN5O/c19-13-6-4-12(5-7-13)14-2-1-3-15(22-14)18(25)23-17-11-21-16-10-20-8-9-24(16)17/h1-7,11,20H,8-10H2,(H,23,25). The van der Waals surface area contributed by atoms with Crippen LogP contribution in [0.3, 0.4) is 0 Å². The number of hydrogen-bond donors (Lipinski definition) is 2. The van der Waals surface area contributed by atoms with Crippen molar-refractivity contribution in [3.05, 3.63) is 66.0 Å². The van der Waals surface area contributed by atoms with Gasteiger partial charge in [-0.3, -0.25) is 4.79 Å². The number of pyridine rings is 1. The highest BCUT2D eigenvalue weighted by atomic mass is 19.1. The summed E-state index contributed by atoms with van der Waals surface area (Å²) >= 11 is 0. The van der Waals surface area contributed by atoms with Crippen molar-refractivity contribution in [2.24, 2.45) is 0 Å². The number of carbonyl (C=O) groups excluding carboxylic acids is 1. The minimum absolute atomic E-state index is 0.298. The molecule has 2 aromatic heterocycles. The molecule has 6 nitrogen and oxygen atoms in total. The Bertz CT molecular complexity index is 919. The molecule has 0 atom stereocenters. The van der Waals surface area contributed by atoms with Gasteiger partial charge in [-0.1, -0.05) is 6.07 Å². The molecule has 0 fully saturated rings. The van der Waals surface area contributed by atoms with Crippen LogP contribution in [0.1, 0.15) is 16.3 Å². The molecule has 0 saturated heterocycles. The van der Waals surface area contributed by atoms with Gasteiger partial charge in [0.15, 0.2) is 0 Å². The SMILES string of the molecule is O=C(Nc1cnc2n1CCNC2)c1cccc(-c2ccc(F)cc2)n1. The molecule has 4 rings (SSSR count). The normalized spacial score (nSPS) is 13.3. The number of anilines is 1. The van der Waals surface area contributed by atoms with E-state index in [4.69, 9.17) is 0 Å². The van der Waals surface area contributed by atoms with E-state index in [1.165, 1.54) is 12.1 Å². The maximum absolute atomic E-state index is 13.1. The molecule has 0 saturated carbocycles. The molecule has 1 aromatic carbocycles. The number of amides is 1. The quantitative estimate of drug-likeness (QED) is 0.770. The second-order valence-corrected chi connectivity index (χ2v) is 5.76. The van der Waals surface area contributed by atoms with E-state index in [9.17, 15) is 9.18 Å². The number of rotatable bonds is 3. The molecule has 2 N–H and O–H groups in total. The molecule has 0 unspecified atom stereocenters. The van der Waals surface area contributed by atoms with E-state index in [1.54, 1.807) is 36.5 Å². The average Bonchev–Trinajstić information content (AvgIpc) is 3.05. The van der Waals surface area contributed by atoms with Crippen molar-refractivity contribution in [1.29, 1.82) is 0 Å². The Morgan fingerprint density at radius 1 is 1.20 bits per heavy atom. The molecule has 1 aliphatic rings. The molecular weight excluding hydrogens is 321 g/mol. The zero-order valence-corrected chi connectivity index (χ0v) is 13.4. The van der Waals surface area contributed by atoms with Crippen LogP contribution in [-0.2, 0) is 13.1 Å². The van der Waals surface area contributed by atoms with Crippen molar-refractivity contribution >= 4 is 11.7 Å². The molecule has 3 aromatic rings. The first-order valence-electron chi connectivity index (χ1n) is 8.00. The Balaban J connectivity index is 1.57. The fraction of sp³-hybridized carbons (Fsp3) is 0.167. The maximum atomic E-state index is 13.1. The molecular formula is C18H16FN5O. The first-order valence-corrected chi connectivity index (χ1v) is 8.00. The second kappa shape index (κ2) is 6.45. The summed E-state index contributed by atoms with van der Waals surface area (Å²) in [6, 6.07) is 11.2. The van der Waals surface area contributed by atoms with Crippen LogP contribution in [0, 0.1) is 5.82 Å². The third-order valence-corrected chi connectivity index (χ3v) is 4.10. The van der Waals surface area contributed by atoms with Crippen LogP contribution in [0.5, 0.6) is 0 Å². The largest absolute Gasteiger partial charge is 0.312 e. The first-order chi connectivity index (χ1) is 12.2. The predicted octanol–water partition coefficient (Wildman–Crippen LogP) is 2.44. The van der Waals surface area contributed by atoms with Gasteiger partial charge in [0, 0.05) is 18.7 Å². The van der Waals surface area contributed by atoms with Gasteiger partial charge in [-0.25, -0.2) is 14.4 Å². The summed E-state index contributed by atoms with van der Waals surface area (Å²) < 4.78 is 15.0. The minimum Gasteiger partial charge on any atom is -0.312 e. The second-order valence-electron chi connectivity index (χ2n) is 5.76. The van der Waals surface area contributed by atoms with Gasteiger partial charge < -0.3 is 15.2 Å². The van der Waals surface area contributed by atoms with Crippen molar-refractivity contribution in [2.45, 2.75) is 13.1 Å². The first kappa shape index (κ1) is 15.5. The molecule has 0 spiro atoms. The van der Waals surface area contributed by atoms with Crippen molar-refractivity contribution < 1.29 is 9.18 Å². The van der Waals surface area contributed by atoms with Crippen LogP contribution < -0.4 is 10.6 Å². The van der Waals surface area contributed by atoms with Crippen LogP contribution in [0.25, 0.3) is 11.3 Å². The molecule has 3 heterocycles. The van der Waals surface area contributed by atoms with Gasteiger partial charge in [-0.05, 0) is 36.4 Å². The number of fused-ring (bicyclic) bond motifs is 1. The number of halogens is 1. The number of carbonyl (C=O) groups is 1. The lowest BCUT2D eigenvalue weighted by atomic mass is 10.1. The summed E-state index contributed by atoms with van der Waals surface area (Å²) in [5.41, 5.74) is 1.67. The monoisotopic (exact) mass is 337 g/mol. The summed E-state index contributed by atoms with van der Waals surface area (Å²) in [4.78, 5) is 21.2. The zero-order valence-electron chi connectivity index (χ0n) is 13.4. The molecule has 25 heavy (non-hydrogen) atoms. The van der Waals surface area contributed by atoms with E-state index < -0.39 is 0 Å². The highest BCUT2D eigenvalue weighted by Crippen LogP contribution is 2.19. The fourth-order valence-corrected chi connectivity index (χ4v) is 2.82. The Kier molecular flexibility index (Phi) is 3.99. The minimum atomic E-state index is -0.308. The van der Waals surface area contributed by atoms with Gasteiger partial charge in [0.1, 0.15) is 23.2 Å². The Hall–Kier alpha value is -3.06. The smallest absolute Gasteiger partial charge is 0.275 e. The fourth-order valence-electron chi connectivity index (χ4n) is 2.82. The van der Waals surface area contributed by atoms with Gasteiger partial charge >= 0.3 is 0 Å². The topological polar surface area (TPSA) is 71.8 Å². The lowest BCUT2D eigenvalue weighted by Gasteiger charge is -2.17. The lowest BCUT2D eigenvalue weighted by Crippen LogP contribution is -2.29. The van der Waals surface area contributed by atoms with Gasteiger partial charge in [-0.15, -0.1) is 0 Å². The van der Waals surface area contributed by atoms with Crippen LogP contribution in [-0.4, -0.2) is 27.0 Å². The van der Waals surface area contributed by atoms with E-state index in [-0.39, 0.29) is 11.7 Å². The predicted molar refractivity (Wildman–Crippen MR) is 91.5 cm³/mol. The van der Waals surface area contributed by atoms with Crippen molar-refractivity contribution in [3.8, 4) is 11.3 Å². The number of hydrogen-bond acceptors (Lipinski definition) is 4. The highest BCUT2D eigenvalue weighted by molar-refractivity contribution is 6.02. The van der Waals surface area contributed by atoms with Crippen LogP contribution in [0.2, 0.25) is 0 Å². The van der Waals surface area contributed by atoms with Crippen LogP contribution >= 0.6 is 0 Å². The summed E-state index contributed by atoms with van der Waals surface area (Å²) in [6.45, 7) is 2.28. The number of nitrogens with one attached hydrogen (secondary N) is 2. The summed E-state index contributed by atoms with van der Waals surface area (Å²) in [5.74, 6) is 0.952. The number of imidazole rings is 1. The van der Waals surface area contributed by atoms with E-state index in [0.29, 0.717) is 23.8 Å². The molecule has 1 amide bonds. The van der Waals surface area contributed by atoms with E-state index in [2.05, 4.69) is 20.6 Å². The third-order valence-electron chi connectivity index (χ3n) is 4.10. The Morgan fingerprint density at radius 3 is 2.88 bits per heavy atom. The molecule has 0 radical (unpaired) electrons. The average molecular weight is 337 g/mol. The van der Waals surface area contributed by atoms with Crippen LogP contribution in [0.4, 0.5) is 10.2 Å². The summed E-state index contributed by atoms with van der Waals surface area (Å²) in [5, 5.41) is 6.10. The molecule has 126 valence electrons. The van der Waals surface area contributed by atoms with E-state index >= 15 is 0 Å². The number of aromatic nitrogens is 3. The Labute approximate surface area is 143 Å². The van der Waals surface area contributed by atoms with Crippen molar-refractivity contribution in [3.63, 3.8) is 0 Å². The van der Waals surface area contributed by atoms with Gasteiger partial charge in [0.25, 0.3) is 5.91 Å². The maximum Gasteiger partial charge on any atom is 0.275 e. The van der Waals surface area contributed by atoms with Gasteiger partial charge in [-0.2, -0.15) is 0 Å². The lowest BCUT2D eigenvalue weighted by molar-refractivity contribution is 0.102.